The Morgan fingerprint density at radius 1 is 1.22 bits per heavy atom. The van der Waals surface area contributed by atoms with Crippen molar-refractivity contribution in [2.24, 2.45) is 0 Å². The molecule has 0 radical (unpaired) electrons. The number of anilines is 2. The highest BCUT2D eigenvalue weighted by Gasteiger charge is 2.31. The zero-order valence-electron chi connectivity index (χ0n) is 15.7. The van der Waals surface area contributed by atoms with Gasteiger partial charge in [-0.2, -0.15) is 0 Å². The van der Waals surface area contributed by atoms with Crippen molar-refractivity contribution in [3.8, 4) is 5.75 Å². The molecule has 0 spiro atoms. The van der Waals surface area contributed by atoms with Gasteiger partial charge in [0.1, 0.15) is 11.8 Å². The van der Waals surface area contributed by atoms with Gasteiger partial charge in [0.25, 0.3) is 0 Å². The third-order valence-corrected chi connectivity index (χ3v) is 5.68. The van der Waals surface area contributed by atoms with E-state index >= 15 is 0 Å². The number of methoxy groups -OCH3 is 1. The maximum atomic E-state index is 12.8. The lowest BCUT2D eigenvalue weighted by Gasteiger charge is -2.30. The Bertz CT molecular complexity index is 914. The molecule has 27 heavy (non-hydrogen) atoms. The number of ether oxygens (including phenoxy) is 1. The Balaban J connectivity index is 2.36. The van der Waals surface area contributed by atoms with Crippen LogP contribution in [0.4, 0.5) is 11.4 Å². The summed E-state index contributed by atoms with van der Waals surface area (Å²) in [6, 6.07) is 10.8. The fourth-order valence-electron chi connectivity index (χ4n) is 2.68. The molecule has 0 bridgehead atoms. The normalized spacial score (nSPS) is 12.3. The van der Waals surface area contributed by atoms with Crippen LogP contribution in [0, 0.1) is 6.92 Å². The lowest BCUT2D eigenvalue weighted by Crippen LogP contribution is -2.47. The van der Waals surface area contributed by atoms with E-state index in [4.69, 9.17) is 16.3 Å². The van der Waals surface area contributed by atoms with Crippen LogP contribution in [0.3, 0.4) is 0 Å². The van der Waals surface area contributed by atoms with Gasteiger partial charge in [0.2, 0.25) is 15.9 Å². The average molecular weight is 411 g/mol. The van der Waals surface area contributed by atoms with Crippen molar-refractivity contribution >= 4 is 38.9 Å². The summed E-state index contributed by atoms with van der Waals surface area (Å²) in [6.45, 7) is 3.58. The molecule has 0 aromatic heterocycles. The van der Waals surface area contributed by atoms with E-state index in [0.717, 1.165) is 16.1 Å². The molecule has 8 heteroatoms. The number of hydrogen-bond donors (Lipinski definition) is 1. The van der Waals surface area contributed by atoms with E-state index in [1.165, 1.54) is 0 Å². The SMILES string of the molecule is CCC(C(=O)Nc1ccc(OC)cc1)N(c1ccc(C)c(Cl)c1)S(C)(=O)=O. The van der Waals surface area contributed by atoms with Gasteiger partial charge in [-0.15, -0.1) is 0 Å². The van der Waals surface area contributed by atoms with Crippen molar-refractivity contribution < 1.29 is 17.9 Å². The van der Waals surface area contributed by atoms with E-state index in [-0.39, 0.29) is 0 Å². The van der Waals surface area contributed by atoms with Crippen LogP contribution in [-0.2, 0) is 14.8 Å². The molecule has 146 valence electrons. The smallest absolute Gasteiger partial charge is 0.248 e. The highest BCUT2D eigenvalue weighted by atomic mass is 35.5. The number of aryl methyl sites for hydroxylation is 1. The minimum atomic E-state index is -3.71. The van der Waals surface area contributed by atoms with Crippen molar-refractivity contribution in [1.29, 1.82) is 0 Å². The van der Waals surface area contributed by atoms with Crippen LogP contribution in [0.2, 0.25) is 5.02 Å². The number of carbonyl (C=O) groups is 1. The van der Waals surface area contributed by atoms with Crippen LogP contribution in [0.25, 0.3) is 0 Å². The number of rotatable bonds is 7. The number of halogens is 1. The molecule has 0 aliphatic rings. The number of hydrogen-bond acceptors (Lipinski definition) is 4. The maximum absolute atomic E-state index is 12.8. The number of benzene rings is 2. The standard InChI is InChI=1S/C19H23ClN2O4S/c1-5-18(19(23)21-14-7-10-16(26-3)11-8-14)22(27(4,24)25)15-9-6-13(2)17(20)12-15/h6-12,18H,5H2,1-4H3,(H,21,23). The quantitative estimate of drug-likeness (QED) is 0.752. The van der Waals surface area contributed by atoms with Gasteiger partial charge < -0.3 is 10.1 Å². The largest absolute Gasteiger partial charge is 0.497 e. The average Bonchev–Trinajstić information content (AvgIpc) is 2.61. The van der Waals surface area contributed by atoms with Crippen molar-refractivity contribution in [3.05, 3.63) is 53.1 Å². The molecule has 2 aromatic rings. The number of carbonyl (C=O) groups excluding carboxylic acids is 1. The van der Waals surface area contributed by atoms with E-state index in [1.807, 2.05) is 6.92 Å². The summed E-state index contributed by atoms with van der Waals surface area (Å²) >= 11 is 6.16. The lowest BCUT2D eigenvalue weighted by molar-refractivity contribution is -0.117. The molecule has 0 saturated heterocycles. The van der Waals surface area contributed by atoms with Crippen LogP contribution in [0.5, 0.6) is 5.75 Å². The van der Waals surface area contributed by atoms with Crippen molar-refractivity contribution in [1.82, 2.24) is 0 Å². The second-order valence-corrected chi connectivity index (χ2v) is 8.40. The van der Waals surface area contributed by atoms with Gasteiger partial charge in [-0.05, 0) is 55.3 Å². The Labute approximate surface area is 165 Å². The van der Waals surface area contributed by atoms with Crippen molar-refractivity contribution in [3.63, 3.8) is 0 Å². The molecule has 1 N–H and O–H groups in total. The van der Waals surface area contributed by atoms with Gasteiger partial charge >= 0.3 is 0 Å². The fraction of sp³-hybridized carbons (Fsp3) is 0.316. The number of nitrogens with zero attached hydrogens (tertiary/aromatic N) is 1. The minimum absolute atomic E-state index is 0.292. The summed E-state index contributed by atoms with van der Waals surface area (Å²) in [5, 5.41) is 3.20. The summed E-state index contributed by atoms with van der Waals surface area (Å²) in [5.41, 5.74) is 1.73. The van der Waals surface area contributed by atoms with E-state index in [9.17, 15) is 13.2 Å². The number of sulfonamides is 1. The van der Waals surface area contributed by atoms with Gasteiger partial charge in [0.05, 0.1) is 19.1 Å². The predicted molar refractivity (Wildman–Crippen MR) is 109 cm³/mol. The molecule has 6 nitrogen and oxygen atoms in total. The zero-order valence-corrected chi connectivity index (χ0v) is 17.3. The summed E-state index contributed by atoms with van der Waals surface area (Å²) in [7, 11) is -2.16. The Morgan fingerprint density at radius 2 is 1.85 bits per heavy atom. The molecule has 0 aliphatic heterocycles. The van der Waals surface area contributed by atoms with E-state index in [0.29, 0.717) is 28.6 Å². The van der Waals surface area contributed by atoms with E-state index in [1.54, 1.807) is 56.5 Å². The predicted octanol–water partition coefficient (Wildman–Crippen LogP) is 3.84. The van der Waals surface area contributed by atoms with Crippen LogP contribution in [0.15, 0.2) is 42.5 Å². The lowest BCUT2D eigenvalue weighted by atomic mass is 10.1. The van der Waals surface area contributed by atoms with E-state index in [2.05, 4.69) is 5.32 Å². The Hall–Kier alpha value is -2.25. The molecule has 0 fully saturated rings. The molecule has 1 unspecified atom stereocenters. The second kappa shape index (κ2) is 8.63. The molecule has 0 heterocycles. The highest BCUT2D eigenvalue weighted by molar-refractivity contribution is 7.92. The highest BCUT2D eigenvalue weighted by Crippen LogP contribution is 2.28. The molecule has 2 aromatic carbocycles. The number of nitrogens with one attached hydrogen (secondary N) is 1. The Morgan fingerprint density at radius 3 is 2.33 bits per heavy atom. The first-order valence-corrected chi connectivity index (χ1v) is 10.6. The molecule has 2 rings (SSSR count). The molecule has 1 atom stereocenters. The van der Waals surface area contributed by atoms with Crippen molar-refractivity contribution in [2.75, 3.05) is 23.0 Å². The first-order chi connectivity index (χ1) is 12.7. The maximum Gasteiger partial charge on any atom is 0.248 e. The molecule has 1 amide bonds. The van der Waals surface area contributed by atoms with Gasteiger partial charge in [0, 0.05) is 10.7 Å². The van der Waals surface area contributed by atoms with Crippen molar-refractivity contribution in [2.45, 2.75) is 26.3 Å². The molecule has 0 aliphatic carbocycles. The summed E-state index contributed by atoms with van der Waals surface area (Å²) in [6.07, 6.45) is 1.37. The first kappa shape index (κ1) is 21.1. The molecular weight excluding hydrogens is 388 g/mol. The third-order valence-electron chi connectivity index (χ3n) is 4.10. The van der Waals surface area contributed by atoms with Gasteiger partial charge in [-0.25, -0.2) is 8.42 Å². The van der Waals surface area contributed by atoms with E-state index < -0.39 is 22.0 Å². The third kappa shape index (κ3) is 5.14. The molecule has 0 saturated carbocycles. The Kier molecular flexibility index (Phi) is 6.73. The van der Waals surface area contributed by atoms with Gasteiger partial charge in [0.15, 0.2) is 0 Å². The number of amides is 1. The monoisotopic (exact) mass is 410 g/mol. The summed E-state index contributed by atoms with van der Waals surface area (Å²) < 4.78 is 31.1. The van der Waals surface area contributed by atoms with Crippen LogP contribution in [0.1, 0.15) is 18.9 Å². The minimum Gasteiger partial charge on any atom is -0.497 e. The molecular formula is C19H23ClN2O4S. The van der Waals surface area contributed by atoms with Crippen LogP contribution >= 0.6 is 11.6 Å². The summed E-state index contributed by atoms with van der Waals surface area (Å²) in [4.78, 5) is 12.8. The second-order valence-electron chi connectivity index (χ2n) is 6.13. The van der Waals surface area contributed by atoms with Gasteiger partial charge in [-0.3, -0.25) is 9.10 Å². The first-order valence-electron chi connectivity index (χ1n) is 8.37. The van der Waals surface area contributed by atoms with Crippen LogP contribution < -0.4 is 14.4 Å². The topological polar surface area (TPSA) is 75.7 Å². The summed E-state index contributed by atoms with van der Waals surface area (Å²) in [5.74, 6) is 0.233. The van der Waals surface area contributed by atoms with Crippen LogP contribution in [-0.4, -0.2) is 33.7 Å². The fourth-order valence-corrected chi connectivity index (χ4v) is 4.06. The van der Waals surface area contributed by atoms with Gasteiger partial charge in [-0.1, -0.05) is 24.6 Å². The zero-order chi connectivity index (χ0) is 20.2.